The average molecular weight is 991 g/mol. The highest BCUT2D eigenvalue weighted by molar-refractivity contribution is 7.45. The lowest BCUT2D eigenvalue weighted by atomic mass is 10.1. The van der Waals surface area contributed by atoms with Crippen molar-refractivity contribution in [1.82, 2.24) is 5.32 Å². The first-order valence-corrected chi connectivity index (χ1v) is 28.5. The Hall–Kier alpha value is -3.85. The van der Waals surface area contributed by atoms with E-state index >= 15 is 0 Å². The Morgan fingerprint density at radius 3 is 1.39 bits per heavy atom. The van der Waals surface area contributed by atoms with Gasteiger partial charge in [0.25, 0.3) is 7.82 Å². The van der Waals surface area contributed by atoms with Crippen LogP contribution >= 0.6 is 7.82 Å². The standard InChI is InChI=1S/C60H99N2O7P/c1-7-10-13-16-19-22-25-27-29-31-33-35-38-41-44-47-50-53-60(64)69-58(51-48-45-42-39-36-24-21-18-15-12-9-3)57(56-68-70(65,66)67-55-54-62(4,5)6)61-59(63)52-49-46-43-40-37-34-32-30-28-26-23-20-17-14-11-8-2/h10-11,13-14,19-20,22-23,27-30,33-35,37,41,43-44,46,48,51,57-58H,7-9,12,15-18,21,24-26,31-32,36,38-40,42,45,47,49-50,52-56H2,1-6H3,(H-,61,63,65,66)/b13-10-,14-11+,22-19-,23-20+,29-27-,30-28+,35-33-,37-34+,44-41-,46-43+,51-48+. The second kappa shape index (κ2) is 48.8. The Morgan fingerprint density at radius 1 is 0.514 bits per heavy atom. The molecule has 10 heteroatoms. The number of ether oxygens (including phenoxy) is 1. The van der Waals surface area contributed by atoms with Crippen LogP contribution in [0.5, 0.6) is 0 Å². The van der Waals surface area contributed by atoms with Crippen molar-refractivity contribution in [3.8, 4) is 0 Å². The number of esters is 1. The van der Waals surface area contributed by atoms with Crippen molar-refractivity contribution < 1.29 is 37.3 Å². The molecule has 0 radical (unpaired) electrons. The van der Waals surface area contributed by atoms with E-state index < -0.39 is 32.5 Å². The van der Waals surface area contributed by atoms with Crippen molar-refractivity contribution in [2.24, 2.45) is 0 Å². The maximum atomic E-state index is 13.4. The van der Waals surface area contributed by atoms with E-state index in [1.54, 1.807) is 6.08 Å². The minimum absolute atomic E-state index is 0.0521. The summed E-state index contributed by atoms with van der Waals surface area (Å²) in [6.07, 6.45) is 68.8. The van der Waals surface area contributed by atoms with Crippen LogP contribution in [0.4, 0.5) is 0 Å². The maximum absolute atomic E-state index is 13.4. The molecule has 0 aliphatic heterocycles. The van der Waals surface area contributed by atoms with E-state index in [2.05, 4.69) is 135 Å². The number of phosphoric acid groups is 1. The highest BCUT2D eigenvalue weighted by atomic mass is 31.2. The zero-order valence-corrected chi connectivity index (χ0v) is 45.8. The second-order valence-electron chi connectivity index (χ2n) is 18.6. The van der Waals surface area contributed by atoms with Gasteiger partial charge in [-0.1, -0.05) is 200 Å². The number of hydrogen-bond acceptors (Lipinski definition) is 7. The number of unbranched alkanes of at least 4 members (excludes halogenated alkanes) is 10. The van der Waals surface area contributed by atoms with E-state index in [0.717, 1.165) is 83.5 Å². The molecule has 0 bridgehead atoms. The van der Waals surface area contributed by atoms with Gasteiger partial charge in [0.05, 0.1) is 33.8 Å². The molecule has 0 fully saturated rings. The van der Waals surface area contributed by atoms with Gasteiger partial charge in [-0.15, -0.1) is 0 Å². The summed E-state index contributed by atoms with van der Waals surface area (Å²) in [5.41, 5.74) is 0. The molecule has 0 saturated heterocycles. The van der Waals surface area contributed by atoms with Gasteiger partial charge in [-0.25, -0.2) is 0 Å². The van der Waals surface area contributed by atoms with E-state index in [4.69, 9.17) is 13.8 Å². The van der Waals surface area contributed by atoms with Crippen molar-refractivity contribution >= 4 is 19.7 Å². The SMILES string of the molecule is CC/C=C\C/C=C\C/C=C\C/C=C\C/C=C\CCCC(=O)OC(/C=C/CCCCCCCCCCC)C(COP(=O)([O-])OCC[N+](C)(C)C)NC(=O)CC/C=C/C/C=C/C/C=C/C/C=C/C/C=C/CC. The summed E-state index contributed by atoms with van der Waals surface area (Å²) in [6.45, 7) is 6.46. The Labute approximate surface area is 428 Å². The van der Waals surface area contributed by atoms with Crippen molar-refractivity contribution in [3.63, 3.8) is 0 Å². The van der Waals surface area contributed by atoms with Crippen molar-refractivity contribution in [2.45, 2.75) is 193 Å². The third-order valence-electron chi connectivity index (χ3n) is 10.8. The minimum atomic E-state index is -4.73. The fourth-order valence-electron chi connectivity index (χ4n) is 6.72. The van der Waals surface area contributed by atoms with Gasteiger partial charge in [-0.2, -0.15) is 0 Å². The van der Waals surface area contributed by atoms with Crippen LogP contribution in [0, 0.1) is 0 Å². The Bertz CT molecular complexity index is 1660. The first kappa shape index (κ1) is 66.2. The first-order chi connectivity index (χ1) is 33.9. The highest BCUT2D eigenvalue weighted by Gasteiger charge is 2.27. The molecule has 0 rings (SSSR count). The van der Waals surface area contributed by atoms with Gasteiger partial charge >= 0.3 is 5.97 Å². The topological polar surface area (TPSA) is 114 Å². The molecule has 0 aliphatic rings. The second-order valence-corrected chi connectivity index (χ2v) is 20.0. The molecule has 0 spiro atoms. The largest absolute Gasteiger partial charge is 0.756 e. The Kier molecular flexibility index (Phi) is 46.1. The third-order valence-corrected chi connectivity index (χ3v) is 11.8. The lowest BCUT2D eigenvalue weighted by Gasteiger charge is -2.30. The fourth-order valence-corrected chi connectivity index (χ4v) is 7.44. The summed E-state index contributed by atoms with van der Waals surface area (Å²) in [4.78, 5) is 39.7. The molecule has 0 aromatic rings. The van der Waals surface area contributed by atoms with E-state index in [0.29, 0.717) is 30.3 Å². The molecular weight excluding hydrogens is 892 g/mol. The number of amides is 1. The van der Waals surface area contributed by atoms with Gasteiger partial charge < -0.3 is 28.5 Å². The zero-order valence-electron chi connectivity index (χ0n) is 44.9. The summed E-state index contributed by atoms with van der Waals surface area (Å²) >= 11 is 0. The van der Waals surface area contributed by atoms with Gasteiger partial charge in [0.2, 0.25) is 5.91 Å². The van der Waals surface area contributed by atoms with Gasteiger partial charge in [0, 0.05) is 12.8 Å². The summed E-state index contributed by atoms with van der Waals surface area (Å²) in [6, 6.07) is -0.959. The average Bonchev–Trinajstić information content (AvgIpc) is 3.32. The van der Waals surface area contributed by atoms with E-state index in [1.165, 1.54) is 44.9 Å². The van der Waals surface area contributed by atoms with Crippen LogP contribution in [0.1, 0.15) is 181 Å². The van der Waals surface area contributed by atoms with Crippen LogP contribution in [-0.4, -0.2) is 69.4 Å². The number of nitrogens with one attached hydrogen (secondary N) is 1. The van der Waals surface area contributed by atoms with Crippen molar-refractivity contribution in [2.75, 3.05) is 40.9 Å². The molecule has 0 saturated carbocycles. The molecule has 3 atom stereocenters. The Morgan fingerprint density at radius 2 is 0.929 bits per heavy atom. The van der Waals surface area contributed by atoms with Crippen LogP contribution in [-0.2, 0) is 27.9 Å². The quantitative estimate of drug-likeness (QED) is 0.0212. The monoisotopic (exact) mass is 991 g/mol. The molecule has 1 amide bonds. The van der Waals surface area contributed by atoms with Crippen molar-refractivity contribution in [3.05, 3.63) is 134 Å². The number of carbonyl (C=O) groups excluding carboxylic acids is 2. The molecule has 0 aromatic heterocycles. The molecule has 396 valence electrons. The molecule has 0 aliphatic carbocycles. The number of phosphoric ester groups is 1. The number of nitrogens with zero attached hydrogens (tertiary/aromatic N) is 1. The maximum Gasteiger partial charge on any atom is 0.306 e. The predicted octanol–water partition coefficient (Wildman–Crippen LogP) is 15.5. The summed E-state index contributed by atoms with van der Waals surface area (Å²) in [5.74, 6) is -0.722. The zero-order chi connectivity index (χ0) is 51.5. The van der Waals surface area contributed by atoms with E-state index in [9.17, 15) is 19.0 Å². The number of likely N-dealkylation sites (N-methyl/N-ethyl adjacent to an activating group) is 1. The van der Waals surface area contributed by atoms with Crippen LogP contribution < -0.4 is 10.2 Å². The van der Waals surface area contributed by atoms with Crippen LogP contribution in [0.2, 0.25) is 0 Å². The van der Waals surface area contributed by atoms with Gasteiger partial charge in [0.15, 0.2) is 0 Å². The smallest absolute Gasteiger partial charge is 0.306 e. The van der Waals surface area contributed by atoms with Crippen LogP contribution in [0.15, 0.2) is 134 Å². The number of hydrogen-bond donors (Lipinski definition) is 1. The van der Waals surface area contributed by atoms with E-state index in [-0.39, 0.29) is 25.4 Å². The van der Waals surface area contributed by atoms with Crippen molar-refractivity contribution in [1.29, 1.82) is 0 Å². The summed E-state index contributed by atoms with van der Waals surface area (Å²) in [7, 11) is 1.08. The number of rotatable bonds is 46. The molecule has 3 unspecified atom stereocenters. The molecular formula is C60H99N2O7P. The molecule has 0 heterocycles. The minimum Gasteiger partial charge on any atom is -0.756 e. The third kappa shape index (κ3) is 49.1. The highest BCUT2D eigenvalue weighted by Crippen LogP contribution is 2.38. The first-order valence-electron chi connectivity index (χ1n) is 27.0. The van der Waals surface area contributed by atoms with Gasteiger partial charge in [-0.3, -0.25) is 14.2 Å². The normalized spacial score (nSPS) is 14.9. The van der Waals surface area contributed by atoms with Gasteiger partial charge in [-0.05, 0) is 102 Å². The Balaban J connectivity index is 5.60. The van der Waals surface area contributed by atoms with Crippen LogP contribution in [0.3, 0.4) is 0 Å². The summed E-state index contributed by atoms with van der Waals surface area (Å²) in [5, 5.41) is 2.94. The lowest BCUT2D eigenvalue weighted by molar-refractivity contribution is -0.870. The van der Waals surface area contributed by atoms with Gasteiger partial charge in [0.1, 0.15) is 19.3 Å². The van der Waals surface area contributed by atoms with Crippen LogP contribution in [0.25, 0.3) is 0 Å². The molecule has 1 N–H and O–H groups in total. The fraction of sp³-hybridized carbons (Fsp3) is 0.600. The molecule has 0 aromatic carbocycles. The number of carbonyl (C=O) groups is 2. The predicted molar refractivity (Wildman–Crippen MR) is 297 cm³/mol. The molecule has 70 heavy (non-hydrogen) atoms. The lowest BCUT2D eigenvalue weighted by Crippen LogP contribution is -2.47. The molecule has 9 nitrogen and oxygen atoms in total. The number of allylic oxidation sites excluding steroid dienone is 21. The number of quaternary nitrogens is 1. The van der Waals surface area contributed by atoms with E-state index in [1.807, 2.05) is 39.4 Å². The summed E-state index contributed by atoms with van der Waals surface area (Å²) < 4.78 is 30.0.